The summed E-state index contributed by atoms with van der Waals surface area (Å²) >= 11 is 5.07. The molecule has 0 spiro atoms. The van der Waals surface area contributed by atoms with Crippen molar-refractivity contribution in [3.63, 3.8) is 0 Å². The number of carbonyl (C=O) groups is 2. The predicted octanol–water partition coefficient (Wildman–Crippen LogP) is 3.14. The molecule has 0 aliphatic rings. The SMILES string of the molecule is CCCc1ccc(C(=O)CCC(=O)NNC(=S)NCCC(C)C)cc1. The van der Waals surface area contributed by atoms with Crippen LogP contribution in [0.3, 0.4) is 0 Å². The molecule has 25 heavy (non-hydrogen) atoms. The first kappa shape index (κ1) is 21.1. The van der Waals surface area contributed by atoms with E-state index in [1.165, 1.54) is 5.56 Å². The van der Waals surface area contributed by atoms with E-state index in [0.29, 0.717) is 16.6 Å². The van der Waals surface area contributed by atoms with Gasteiger partial charge in [-0.2, -0.15) is 0 Å². The summed E-state index contributed by atoms with van der Waals surface area (Å²) in [4.78, 5) is 23.9. The molecule has 1 amide bonds. The summed E-state index contributed by atoms with van der Waals surface area (Å²) in [6, 6.07) is 7.60. The van der Waals surface area contributed by atoms with E-state index in [0.717, 1.165) is 25.8 Å². The zero-order chi connectivity index (χ0) is 18.7. The van der Waals surface area contributed by atoms with Crippen molar-refractivity contribution >= 4 is 29.0 Å². The molecular formula is C19H29N3O2S. The van der Waals surface area contributed by atoms with E-state index in [-0.39, 0.29) is 24.5 Å². The fourth-order valence-corrected chi connectivity index (χ4v) is 2.38. The van der Waals surface area contributed by atoms with Gasteiger partial charge in [-0.25, -0.2) is 0 Å². The highest BCUT2D eigenvalue weighted by Crippen LogP contribution is 2.09. The van der Waals surface area contributed by atoms with Crippen molar-refractivity contribution in [1.29, 1.82) is 0 Å². The van der Waals surface area contributed by atoms with Gasteiger partial charge in [0.2, 0.25) is 5.91 Å². The monoisotopic (exact) mass is 363 g/mol. The smallest absolute Gasteiger partial charge is 0.238 e. The quantitative estimate of drug-likeness (QED) is 0.357. The minimum absolute atomic E-state index is 0.0316. The number of amides is 1. The number of nitrogens with one attached hydrogen (secondary N) is 3. The number of hydrogen-bond acceptors (Lipinski definition) is 3. The lowest BCUT2D eigenvalue weighted by molar-refractivity contribution is -0.121. The summed E-state index contributed by atoms with van der Waals surface area (Å²) < 4.78 is 0. The lowest BCUT2D eigenvalue weighted by Crippen LogP contribution is -2.47. The van der Waals surface area contributed by atoms with Crippen LogP contribution in [-0.2, 0) is 11.2 Å². The molecule has 0 saturated carbocycles. The van der Waals surface area contributed by atoms with Crippen LogP contribution in [0.1, 0.15) is 62.4 Å². The molecule has 0 heterocycles. The Morgan fingerprint density at radius 1 is 1.08 bits per heavy atom. The van der Waals surface area contributed by atoms with Crippen molar-refractivity contribution < 1.29 is 9.59 Å². The van der Waals surface area contributed by atoms with Crippen LogP contribution < -0.4 is 16.2 Å². The molecule has 5 nitrogen and oxygen atoms in total. The zero-order valence-corrected chi connectivity index (χ0v) is 16.2. The minimum atomic E-state index is -0.260. The second-order valence-electron chi connectivity index (χ2n) is 6.48. The Morgan fingerprint density at radius 2 is 1.76 bits per heavy atom. The van der Waals surface area contributed by atoms with Crippen molar-refractivity contribution in [2.45, 2.75) is 52.9 Å². The number of thiocarbonyl (C=S) groups is 1. The summed E-state index contributed by atoms with van der Waals surface area (Å²) in [5.74, 6) is 0.298. The highest BCUT2D eigenvalue weighted by atomic mass is 32.1. The van der Waals surface area contributed by atoms with Crippen LogP contribution >= 0.6 is 12.2 Å². The first-order chi connectivity index (χ1) is 11.9. The van der Waals surface area contributed by atoms with Crippen LogP contribution in [0.2, 0.25) is 0 Å². The molecule has 0 aliphatic heterocycles. The molecule has 0 aliphatic carbocycles. The second-order valence-corrected chi connectivity index (χ2v) is 6.89. The van der Waals surface area contributed by atoms with Gasteiger partial charge in [0.1, 0.15) is 0 Å². The average molecular weight is 364 g/mol. The van der Waals surface area contributed by atoms with E-state index in [2.05, 4.69) is 36.9 Å². The van der Waals surface area contributed by atoms with E-state index in [1.807, 2.05) is 24.3 Å². The van der Waals surface area contributed by atoms with E-state index >= 15 is 0 Å². The first-order valence-electron chi connectivity index (χ1n) is 8.87. The maximum absolute atomic E-state index is 12.1. The molecule has 1 aromatic rings. The fraction of sp³-hybridized carbons (Fsp3) is 0.526. The molecule has 138 valence electrons. The Labute approximate surface area is 155 Å². The van der Waals surface area contributed by atoms with Gasteiger partial charge in [0, 0.05) is 24.9 Å². The molecule has 0 bridgehead atoms. The molecule has 0 aromatic heterocycles. The Hall–Kier alpha value is -1.95. The van der Waals surface area contributed by atoms with Gasteiger partial charge in [-0.1, -0.05) is 51.5 Å². The number of Topliss-reactive ketones (excluding diaryl/α,β-unsaturated/α-hetero) is 1. The van der Waals surface area contributed by atoms with Gasteiger partial charge in [-0.3, -0.25) is 20.4 Å². The molecule has 1 aromatic carbocycles. The molecule has 0 atom stereocenters. The molecule has 1 rings (SSSR count). The Kier molecular flexibility index (Phi) is 9.77. The third-order valence-corrected chi connectivity index (χ3v) is 3.96. The highest BCUT2D eigenvalue weighted by Gasteiger charge is 2.09. The van der Waals surface area contributed by atoms with Crippen LogP contribution in [0.15, 0.2) is 24.3 Å². The van der Waals surface area contributed by atoms with Crippen LogP contribution in [0.4, 0.5) is 0 Å². The standard InChI is InChI=1S/C19H29N3O2S/c1-4-5-15-6-8-16(9-7-15)17(23)10-11-18(24)21-22-19(25)20-13-12-14(2)3/h6-9,14H,4-5,10-13H2,1-3H3,(H,21,24)(H2,20,22,25). The molecule has 6 heteroatoms. The van der Waals surface area contributed by atoms with Crippen molar-refractivity contribution in [2.75, 3.05) is 6.54 Å². The van der Waals surface area contributed by atoms with Crippen LogP contribution in [0, 0.1) is 5.92 Å². The average Bonchev–Trinajstić information content (AvgIpc) is 2.58. The van der Waals surface area contributed by atoms with Crippen molar-refractivity contribution in [1.82, 2.24) is 16.2 Å². The molecule has 0 fully saturated rings. The van der Waals surface area contributed by atoms with Gasteiger partial charge in [0.25, 0.3) is 0 Å². The van der Waals surface area contributed by atoms with E-state index < -0.39 is 0 Å². The maximum Gasteiger partial charge on any atom is 0.238 e. The molecule has 0 radical (unpaired) electrons. The largest absolute Gasteiger partial charge is 0.361 e. The van der Waals surface area contributed by atoms with Crippen molar-refractivity contribution in [3.05, 3.63) is 35.4 Å². The van der Waals surface area contributed by atoms with Gasteiger partial charge < -0.3 is 5.32 Å². The van der Waals surface area contributed by atoms with Gasteiger partial charge in [-0.05, 0) is 36.5 Å². The van der Waals surface area contributed by atoms with E-state index in [1.54, 1.807) is 0 Å². The Balaban J connectivity index is 2.26. The summed E-state index contributed by atoms with van der Waals surface area (Å²) in [6.07, 6.45) is 3.38. The number of ketones is 1. The predicted molar refractivity (Wildman–Crippen MR) is 105 cm³/mol. The maximum atomic E-state index is 12.1. The van der Waals surface area contributed by atoms with Crippen LogP contribution in [0.5, 0.6) is 0 Å². The number of hydrazine groups is 1. The van der Waals surface area contributed by atoms with Gasteiger partial charge in [0.05, 0.1) is 0 Å². The van der Waals surface area contributed by atoms with Crippen LogP contribution in [-0.4, -0.2) is 23.3 Å². The van der Waals surface area contributed by atoms with Gasteiger partial charge in [-0.15, -0.1) is 0 Å². The molecule has 3 N–H and O–H groups in total. The minimum Gasteiger partial charge on any atom is -0.361 e. The number of rotatable bonds is 9. The molecular weight excluding hydrogens is 334 g/mol. The van der Waals surface area contributed by atoms with E-state index in [9.17, 15) is 9.59 Å². The first-order valence-corrected chi connectivity index (χ1v) is 9.28. The summed E-state index contributed by atoms with van der Waals surface area (Å²) in [7, 11) is 0. The number of aryl methyl sites for hydroxylation is 1. The fourth-order valence-electron chi connectivity index (χ4n) is 2.22. The number of benzene rings is 1. The lowest BCUT2D eigenvalue weighted by atomic mass is 10.0. The van der Waals surface area contributed by atoms with Crippen LogP contribution in [0.25, 0.3) is 0 Å². The molecule has 0 unspecified atom stereocenters. The molecule has 0 saturated heterocycles. The zero-order valence-electron chi connectivity index (χ0n) is 15.4. The van der Waals surface area contributed by atoms with Crippen molar-refractivity contribution in [3.8, 4) is 0 Å². The normalized spacial score (nSPS) is 10.4. The van der Waals surface area contributed by atoms with Crippen molar-refractivity contribution in [2.24, 2.45) is 5.92 Å². The highest BCUT2D eigenvalue weighted by molar-refractivity contribution is 7.80. The second kappa shape index (κ2) is 11.6. The Morgan fingerprint density at radius 3 is 2.36 bits per heavy atom. The summed E-state index contributed by atoms with van der Waals surface area (Å²) in [5.41, 5.74) is 7.03. The van der Waals surface area contributed by atoms with Gasteiger partial charge in [0.15, 0.2) is 10.9 Å². The Bertz CT molecular complexity index is 571. The third kappa shape index (κ3) is 9.19. The summed E-state index contributed by atoms with van der Waals surface area (Å²) in [5, 5.41) is 3.40. The topological polar surface area (TPSA) is 70.2 Å². The third-order valence-electron chi connectivity index (χ3n) is 3.72. The lowest BCUT2D eigenvalue weighted by Gasteiger charge is -2.12. The number of hydrogen-bond donors (Lipinski definition) is 3. The van der Waals surface area contributed by atoms with Gasteiger partial charge >= 0.3 is 0 Å². The summed E-state index contributed by atoms with van der Waals surface area (Å²) in [6.45, 7) is 7.14. The number of carbonyl (C=O) groups excluding carboxylic acids is 2. The van der Waals surface area contributed by atoms with E-state index in [4.69, 9.17) is 12.2 Å².